The first-order valence-electron chi connectivity index (χ1n) is 13.7. The molecule has 0 aliphatic heterocycles. The molecule has 0 aromatic heterocycles. The molecule has 1 aliphatic carbocycles. The molecule has 6 aromatic carbocycles. The van der Waals surface area contributed by atoms with Gasteiger partial charge in [0.2, 0.25) is 0 Å². The Bertz CT molecular complexity index is 1830. The molecule has 1 atom stereocenters. The summed E-state index contributed by atoms with van der Waals surface area (Å²) in [6.07, 6.45) is 0. The number of fused-ring (bicyclic) bond motifs is 5. The smallest absolute Gasteiger partial charge is 0.0543 e. The maximum atomic E-state index is 2.47. The maximum Gasteiger partial charge on any atom is 0.0543 e. The lowest BCUT2D eigenvalue weighted by atomic mass is 9.73. The Morgan fingerprint density at radius 1 is 0.538 bits per heavy atom. The molecule has 39 heavy (non-hydrogen) atoms. The first-order valence-corrected chi connectivity index (χ1v) is 13.7. The third-order valence-corrected chi connectivity index (χ3v) is 8.51. The van der Waals surface area contributed by atoms with Crippen molar-refractivity contribution in [1.29, 1.82) is 0 Å². The van der Waals surface area contributed by atoms with Gasteiger partial charge in [-0.25, -0.2) is 0 Å². The lowest BCUT2D eigenvalue weighted by Crippen LogP contribution is -2.23. The monoisotopic (exact) mass is 501 g/mol. The van der Waals surface area contributed by atoms with Gasteiger partial charge in [0.15, 0.2) is 0 Å². The van der Waals surface area contributed by atoms with E-state index >= 15 is 0 Å². The average molecular weight is 502 g/mol. The minimum Gasteiger partial charge on any atom is -0.310 e. The fraction of sp³-hybridized carbons (Fsp3) is 0.105. The van der Waals surface area contributed by atoms with Gasteiger partial charge in [-0.05, 0) is 83.8 Å². The van der Waals surface area contributed by atoms with E-state index in [1.54, 1.807) is 0 Å². The van der Waals surface area contributed by atoms with Crippen molar-refractivity contribution in [2.75, 3.05) is 4.90 Å². The van der Waals surface area contributed by atoms with Crippen LogP contribution in [0.4, 0.5) is 17.1 Å². The minimum atomic E-state index is -0.273. The van der Waals surface area contributed by atoms with E-state index < -0.39 is 0 Å². The molecule has 0 N–H and O–H groups in total. The lowest BCUT2D eigenvalue weighted by Gasteiger charge is -2.32. The van der Waals surface area contributed by atoms with E-state index in [-0.39, 0.29) is 5.41 Å². The summed E-state index contributed by atoms with van der Waals surface area (Å²) in [5.41, 5.74) is 12.6. The average Bonchev–Trinajstić information content (AvgIpc) is 3.23. The third kappa shape index (κ3) is 3.54. The summed E-state index contributed by atoms with van der Waals surface area (Å²) in [6, 6.07) is 48.9. The van der Waals surface area contributed by atoms with Crippen LogP contribution in [0.5, 0.6) is 0 Å². The summed E-state index contributed by atoms with van der Waals surface area (Å²) >= 11 is 0. The van der Waals surface area contributed by atoms with E-state index in [1.807, 2.05) is 0 Å². The lowest BCUT2D eigenvalue weighted by molar-refractivity contribution is 0.713. The zero-order valence-electron chi connectivity index (χ0n) is 22.6. The highest BCUT2D eigenvalue weighted by Crippen LogP contribution is 2.57. The summed E-state index contributed by atoms with van der Waals surface area (Å²) in [5, 5.41) is 2.55. The van der Waals surface area contributed by atoms with Crippen molar-refractivity contribution < 1.29 is 0 Å². The van der Waals surface area contributed by atoms with Crippen LogP contribution in [-0.2, 0) is 5.41 Å². The van der Waals surface area contributed by atoms with E-state index in [1.165, 1.54) is 61.1 Å². The number of para-hydroxylation sites is 2. The second kappa shape index (κ2) is 8.99. The molecule has 0 saturated carbocycles. The van der Waals surface area contributed by atoms with E-state index in [0.717, 1.165) is 5.69 Å². The second-order valence-corrected chi connectivity index (χ2v) is 10.9. The molecule has 1 nitrogen and oxygen atoms in total. The Morgan fingerprint density at radius 2 is 1.18 bits per heavy atom. The van der Waals surface area contributed by atoms with Crippen molar-refractivity contribution in [3.8, 4) is 11.1 Å². The predicted octanol–water partition coefficient (Wildman–Crippen LogP) is 10.3. The van der Waals surface area contributed by atoms with Gasteiger partial charge in [0, 0.05) is 22.2 Å². The highest BCUT2D eigenvalue weighted by molar-refractivity contribution is 6.10. The van der Waals surface area contributed by atoms with Crippen LogP contribution in [-0.4, -0.2) is 0 Å². The van der Waals surface area contributed by atoms with E-state index in [4.69, 9.17) is 0 Å². The molecule has 1 unspecified atom stereocenters. The number of anilines is 3. The predicted molar refractivity (Wildman–Crippen MR) is 166 cm³/mol. The van der Waals surface area contributed by atoms with Crippen LogP contribution in [0.1, 0.15) is 34.7 Å². The fourth-order valence-corrected chi connectivity index (χ4v) is 6.54. The summed E-state index contributed by atoms with van der Waals surface area (Å²) in [6.45, 7) is 6.81. The summed E-state index contributed by atoms with van der Waals surface area (Å²) in [7, 11) is 0. The Kier molecular flexibility index (Phi) is 5.42. The molecule has 1 aliphatic rings. The Labute approximate surface area is 231 Å². The summed E-state index contributed by atoms with van der Waals surface area (Å²) < 4.78 is 0. The zero-order valence-corrected chi connectivity index (χ0v) is 22.6. The zero-order chi connectivity index (χ0) is 26.6. The van der Waals surface area contributed by atoms with Crippen LogP contribution in [0.2, 0.25) is 0 Å². The van der Waals surface area contributed by atoms with Crippen molar-refractivity contribution in [3.05, 3.63) is 161 Å². The quantitative estimate of drug-likeness (QED) is 0.232. The SMILES string of the molecule is Cc1ccc2c(c1)C(C)(c1ccccc1)c1cc(N(c3ccccc3)c3ccccc3C)c3ccccc3c1-2. The molecule has 0 heterocycles. The Balaban J connectivity index is 1.62. The molecule has 1 heteroatoms. The number of aryl methyl sites for hydroxylation is 2. The number of nitrogens with zero attached hydrogens (tertiary/aromatic N) is 1. The van der Waals surface area contributed by atoms with Crippen molar-refractivity contribution >= 4 is 27.8 Å². The molecule has 0 fully saturated rings. The second-order valence-electron chi connectivity index (χ2n) is 10.9. The van der Waals surface area contributed by atoms with Crippen LogP contribution in [0.3, 0.4) is 0 Å². The highest BCUT2D eigenvalue weighted by Gasteiger charge is 2.42. The van der Waals surface area contributed by atoms with Gasteiger partial charge in [-0.15, -0.1) is 0 Å². The standard InChI is InChI=1S/C38H31N/c1-26-22-23-32-33(24-26)38(3,28-15-6-4-7-16-28)34-25-36(30-19-11-12-20-31(30)37(32)34)39(29-17-8-5-9-18-29)35-21-13-10-14-27(35)2/h4-25H,1-3H3. The van der Waals surface area contributed by atoms with Crippen molar-refractivity contribution in [1.82, 2.24) is 0 Å². The number of benzene rings is 6. The summed E-state index contributed by atoms with van der Waals surface area (Å²) in [4.78, 5) is 2.44. The van der Waals surface area contributed by atoms with Gasteiger partial charge < -0.3 is 4.90 Å². The molecular weight excluding hydrogens is 470 g/mol. The van der Waals surface area contributed by atoms with Crippen LogP contribution in [0, 0.1) is 13.8 Å². The van der Waals surface area contributed by atoms with Crippen LogP contribution in [0.25, 0.3) is 21.9 Å². The first kappa shape index (κ1) is 23.5. The maximum absolute atomic E-state index is 2.47. The van der Waals surface area contributed by atoms with Gasteiger partial charge in [-0.2, -0.15) is 0 Å². The number of hydrogen-bond acceptors (Lipinski definition) is 1. The Morgan fingerprint density at radius 3 is 1.92 bits per heavy atom. The van der Waals surface area contributed by atoms with Crippen molar-refractivity contribution in [3.63, 3.8) is 0 Å². The van der Waals surface area contributed by atoms with Crippen molar-refractivity contribution in [2.45, 2.75) is 26.2 Å². The van der Waals surface area contributed by atoms with Gasteiger partial charge in [0.1, 0.15) is 0 Å². The molecule has 0 bridgehead atoms. The molecule has 0 amide bonds. The third-order valence-electron chi connectivity index (χ3n) is 8.51. The highest BCUT2D eigenvalue weighted by atomic mass is 15.1. The Hall–Kier alpha value is -4.62. The van der Waals surface area contributed by atoms with Gasteiger partial charge in [0.25, 0.3) is 0 Å². The minimum absolute atomic E-state index is 0.273. The molecule has 7 rings (SSSR count). The van der Waals surface area contributed by atoms with Crippen LogP contribution in [0.15, 0.2) is 133 Å². The topological polar surface area (TPSA) is 3.24 Å². The fourth-order valence-electron chi connectivity index (χ4n) is 6.54. The van der Waals surface area contributed by atoms with Gasteiger partial charge in [-0.3, -0.25) is 0 Å². The number of hydrogen-bond donors (Lipinski definition) is 0. The van der Waals surface area contributed by atoms with Crippen molar-refractivity contribution in [2.24, 2.45) is 0 Å². The van der Waals surface area contributed by atoms with Crippen LogP contribution < -0.4 is 4.90 Å². The molecule has 6 aromatic rings. The molecule has 0 radical (unpaired) electrons. The van der Waals surface area contributed by atoms with Crippen LogP contribution >= 0.6 is 0 Å². The normalized spacial score (nSPS) is 15.7. The molecular formula is C38H31N. The molecule has 0 saturated heterocycles. The van der Waals surface area contributed by atoms with Gasteiger partial charge in [-0.1, -0.05) is 115 Å². The van der Waals surface area contributed by atoms with E-state index in [2.05, 4.69) is 159 Å². The van der Waals surface area contributed by atoms with Gasteiger partial charge in [0.05, 0.1) is 5.69 Å². The largest absolute Gasteiger partial charge is 0.310 e. The van der Waals surface area contributed by atoms with E-state index in [9.17, 15) is 0 Å². The summed E-state index contributed by atoms with van der Waals surface area (Å²) in [5.74, 6) is 0. The number of rotatable bonds is 4. The van der Waals surface area contributed by atoms with Gasteiger partial charge >= 0.3 is 0 Å². The molecule has 0 spiro atoms. The van der Waals surface area contributed by atoms with E-state index in [0.29, 0.717) is 0 Å². The molecule has 188 valence electrons. The first-order chi connectivity index (χ1) is 19.1.